The summed E-state index contributed by atoms with van der Waals surface area (Å²) in [5, 5.41) is 0. The maximum atomic E-state index is 5.91. The van der Waals surface area contributed by atoms with Gasteiger partial charge in [0.2, 0.25) is 0 Å². The number of rotatable bonds is 3. The molecule has 15 heavy (non-hydrogen) atoms. The summed E-state index contributed by atoms with van der Waals surface area (Å²) in [6.07, 6.45) is 2.58. The molecule has 1 nitrogen and oxygen atoms in total. The van der Waals surface area contributed by atoms with Crippen molar-refractivity contribution >= 4 is 27.7 Å². The third-order valence-electron chi connectivity index (χ3n) is 3.38. The largest absolute Gasteiger partial charge is 0.329 e. The quantitative estimate of drug-likeness (QED) is 0.917. The normalized spacial score (nSPS) is 29.9. The van der Waals surface area contributed by atoms with E-state index in [1.807, 2.05) is 11.8 Å². The van der Waals surface area contributed by atoms with Crippen LogP contribution in [0.2, 0.25) is 0 Å². The van der Waals surface area contributed by atoms with E-state index in [9.17, 15) is 0 Å². The van der Waals surface area contributed by atoms with Crippen LogP contribution in [0.5, 0.6) is 0 Å². The van der Waals surface area contributed by atoms with Crippen molar-refractivity contribution in [1.29, 1.82) is 0 Å². The van der Waals surface area contributed by atoms with Gasteiger partial charge >= 0.3 is 0 Å². The molecule has 1 aromatic rings. The number of thioether (sulfide) groups is 1. The van der Waals surface area contributed by atoms with Crippen LogP contribution in [0.25, 0.3) is 0 Å². The molecule has 2 N–H and O–H groups in total. The Hall–Kier alpha value is 0.01000. The van der Waals surface area contributed by atoms with Crippen LogP contribution in [0.1, 0.15) is 19.8 Å². The number of hydrogen-bond donors (Lipinski definition) is 1. The smallest absolute Gasteiger partial charge is 0.0354 e. The average molecular weight is 286 g/mol. The van der Waals surface area contributed by atoms with Gasteiger partial charge in [-0.3, -0.25) is 0 Å². The number of halogens is 1. The maximum absolute atomic E-state index is 5.91. The van der Waals surface area contributed by atoms with Crippen LogP contribution in [-0.2, 0) is 0 Å². The minimum atomic E-state index is 0.299. The molecule has 0 aromatic heterocycles. The van der Waals surface area contributed by atoms with Gasteiger partial charge in [0.25, 0.3) is 0 Å². The molecule has 1 fully saturated rings. The van der Waals surface area contributed by atoms with E-state index in [0.29, 0.717) is 4.75 Å². The highest BCUT2D eigenvalue weighted by Gasteiger charge is 2.43. The molecule has 0 spiro atoms. The van der Waals surface area contributed by atoms with Gasteiger partial charge in [-0.25, -0.2) is 0 Å². The summed E-state index contributed by atoms with van der Waals surface area (Å²) in [6.45, 7) is 3.09. The van der Waals surface area contributed by atoms with Crippen LogP contribution in [0.15, 0.2) is 33.6 Å². The fraction of sp³-hybridized carbons (Fsp3) is 0.500. The Bertz CT molecular complexity index is 334. The highest BCUT2D eigenvalue weighted by Crippen LogP contribution is 2.50. The first kappa shape index (κ1) is 11.5. The molecule has 0 aliphatic heterocycles. The molecule has 1 aromatic carbocycles. The van der Waals surface area contributed by atoms with Crippen molar-refractivity contribution in [2.24, 2.45) is 11.7 Å². The summed E-state index contributed by atoms with van der Waals surface area (Å²) in [4.78, 5) is 1.33. The Morgan fingerprint density at radius 1 is 1.47 bits per heavy atom. The predicted octanol–water partition coefficient (Wildman–Crippen LogP) is 3.67. The monoisotopic (exact) mass is 285 g/mol. The minimum Gasteiger partial charge on any atom is -0.329 e. The third-order valence-corrected chi connectivity index (χ3v) is 5.60. The van der Waals surface area contributed by atoms with E-state index < -0.39 is 0 Å². The number of benzene rings is 1. The van der Waals surface area contributed by atoms with Crippen LogP contribution in [0.4, 0.5) is 0 Å². The molecule has 82 valence electrons. The van der Waals surface area contributed by atoms with Crippen molar-refractivity contribution in [2.75, 3.05) is 6.54 Å². The molecule has 2 unspecified atom stereocenters. The summed E-state index contributed by atoms with van der Waals surface area (Å²) in [6, 6.07) is 8.51. The van der Waals surface area contributed by atoms with Gasteiger partial charge in [0.05, 0.1) is 0 Å². The highest BCUT2D eigenvalue weighted by atomic mass is 79.9. The van der Waals surface area contributed by atoms with Crippen LogP contribution in [0.3, 0.4) is 0 Å². The summed E-state index contributed by atoms with van der Waals surface area (Å²) >= 11 is 5.40. The minimum absolute atomic E-state index is 0.299. The molecular formula is C12H16BrNS. The molecule has 2 rings (SSSR count). The van der Waals surface area contributed by atoms with E-state index in [2.05, 4.69) is 47.1 Å². The summed E-state index contributed by atoms with van der Waals surface area (Å²) in [5.41, 5.74) is 5.91. The van der Waals surface area contributed by atoms with Crippen LogP contribution < -0.4 is 5.73 Å². The zero-order valence-corrected chi connectivity index (χ0v) is 11.3. The van der Waals surface area contributed by atoms with Crippen LogP contribution in [0, 0.1) is 5.92 Å². The van der Waals surface area contributed by atoms with Crippen LogP contribution >= 0.6 is 27.7 Å². The van der Waals surface area contributed by atoms with Gasteiger partial charge in [0.1, 0.15) is 0 Å². The summed E-state index contributed by atoms with van der Waals surface area (Å²) in [5.74, 6) is 0.746. The lowest BCUT2D eigenvalue weighted by molar-refractivity contribution is 0.245. The molecule has 0 bridgehead atoms. The lowest BCUT2D eigenvalue weighted by Crippen LogP contribution is -2.48. The van der Waals surface area contributed by atoms with Gasteiger partial charge in [-0.2, -0.15) is 0 Å². The first-order valence-electron chi connectivity index (χ1n) is 5.31. The predicted molar refractivity (Wildman–Crippen MR) is 70.2 cm³/mol. The topological polar surface area (TPSA) is 26.0 Å². The number of nitrogens with two attached hydrogens (primary N) is 1. The van der Waals surface area contributed by atoms with E-state index in [1.165, 1.54) is 17.7 Å². The van der Waals surface area contributed by atoms with E-state index in [0.717, 1.165) is 16.9 Å². The molecule has 0 heterocycles. The zero-order valence-electron chi connectivity index (χ0n) is 8.87. The molecule has 1 saturated carbocycles. The zero-order chi connectivity index (χ0) is 10.9. The third kappa shape index (κ3) is 2.24. The fourth-order valence-corrected chi connectivity index (χ4v) is 3.62. The van der Waals surface area contributed by atoms with Gasteiger partial charge in [0.15, 0.2) is 0 Å². The lowest BCUT2D eigenvalue weighted by atomic mass is 9.74. The molecule has 1 aliphatic carbocycles. The Morgan fingerprint density at radius 2 is 2.13 bits per heavy atom. The molecule has 2 atom stereocenters. The van der Waals surface area contributed by atoms with E-state index >= 15 is 0 Å². The van der Waals surface area contributed by atoms with Crippen LogP contribution in [-0.4, -0.2) is 11.3 Å². The van der Waals surface area contributed by atoms with Gasteiger partial charge in [-0.1, -0.05) is 22.9 Å². The fourth-order valence-electron chi connectivity index (χ4n) is 1.99. The molecule has 0 saturated heterocycles. The molecule has 0 radical (unpaired) electrons. The van der Waals surface area contributed by atoms with Crippen molar-refractivity contribution in [3.05, 3.63) is 28.7 Å². The van der Waals surface area contributed by atoms with Crippen molar-refractivity contribution in [3.63, 3.8) is 0 Å². The first-order valence-corrected chi connectivity index (χ1v) is 6.92. The van der Waals surface area contributed by atoms with Gasteiger partial charge in [-0.05, 0) is 43.0 Å². The standard InChI is InChI=1S/C12H16BrNS/c1-9-6-7-12(9,8-14)15-11-4-2-10(13)3-5-11/h2-5,9H,6-8,14H2,1H3. The second kappa shape index (κ2) is 4.48. The summed E-state index contributed by atoms with van der Waals surface area (Å²) in [7, 11) is 0. The average Bonchev–Trinajstić information content (AvgIpc) is 2.26. The van der Waals surface area contributed by atoms with Crippen molar-refractivity contribution < 1.29 is 0 Å². The van der Waals surface area contributed by atoms with Gasteiger partial charge in [0, 0.05) is 20.7 Å². The van der Waals surface area contributed by atoms with Gasteiger partial charge < -0.3 is 5.73 Å². The van der Waals surface area contributed by atoms with E-state index in [1.54, 1.807) is 0 Å². The second-order valence-electron chi connectivity index (χ2n) is 4.26. The van der Waals surface area contributed by atoms with E-state index in [4.69, 9.17) is 5.73 Å². The highest BCUT2D eigenvalue weighted by molar-refractivity contribution is 9.10. The van der Waals surface area contributed by atoms with E-state index in [-0.39, 0.29) is 0 Å². The van der Waals surface area contributed by atoms with Gasteiger partial charge in [-0.15, -0.1) is 11.8 Å². The maximum Gasteiger partial charge on any atom is 0.0354 e. The van der Waals surface area contributed by atoms with Crippen molar-refractivity contribution in [2.45, 2.75) is 29.4 Å². The molecule has 3 heteroatoms. The van der Waals surface area contributed by atoms with Crippen molar-refractivity contribution in [1.82, 2.24) is 0 Å². The first-order chi connectivity index (χ1) is 7.16. The Morgan fingerprint density at radius 3 is 2.53 bits per heavy atom. The SMILES string of the molecule is CC1CCC1(CN)Sc1ccc(Br)cc1. The summed E-state index contributed by atoms with van der Waals surface area (Å²) < 4.78 is 1.43. The molecular weight excluding hydrogens is 270 g/mol. The Labute approximate surface area is 104 Å². The second-order valence-corrected chi connectivity index (χ2v) is 6.67. The van der Waals surface area contributed by atoms with Crippen molar-refractivity contribution in [3.8, 4) is 0 Å². The molecule has 0 amide bonds. The molecule has 1 aliphatic rings. The number of hydrogen-bond acceptors (Lipinski definition) is 2. The lowest BCUT2D eigenvalue weighted by Gasteiger charge is -2.47. The Kier molecular flexibility index (Phi) is 3.43. The Balaban J connectivity index is 2.10.